The van der Waals surface area contributed by atoms with Crippen LogP contribution in [-0.2, 0) is 16.6 Å². The Bertz CT molecular complexity index is 735. The molecule has 20 heavy (non-hydrogen) atoms. The Morgan fingerprint density at radius 2 is 1.95 bits per heavy atom. The molecule has 0 aliphatic carbocycles. The molecule has 0 aromatic heterocycles. The first-order valence-corrected chi connectivity index (χ1v) is 7.54. The van der Waals surface area contributed by atoms with Crippen LogP contribution in [0, 0.1) is 5.82 Å². The van der Waals surface area contributed by atoms with Crippen molar-refractivity contribution in [3.05, 3.63) is 58.9 Å². The van der Waals surface area contributed by atoms with Gasteiger partial charge in [0.2, 0.25) is 10.0 Å². The predicted molar refractivity (Wildman–Crippen MR) is 76.3 cm³/mol. The molecule has 2 aromatic carbocycles. The van der Waals surface area contributed by atoms with Crippen molar-refractivity contribution in [2.75, 3.05) is 5.73 Å². The molecule has 0 heterocycles. The number of nitrogens with one attached hydrogen (secondary N) is 1. The van der Waals surface area contributed by atoms with Gasteiger partial charge in [-0.1, -0.05) is 23.7 Å². The van der Waals surface area contributed by atoms with E-state index < -0.39 is 20.7 Å². The normalized spacial score (nSPS) is 11.5. The SMILES string of the molecule is Nc1cccc(CNS(=O)(=O)c2ccc(Cl)cc2F)c1. The maximum atomic E-state index is 13.6. The molecule has 0 saturated carbocycles. The predicted octanol–water partition coefficient (Wildman–Crippen LogP) is 2.54. The van der Waals surface area contributed by atoms with Crippen molar-refractivity contribution in [3.63, 3.8) is 0 Å². The van der Waals surface area contributed by atoms with Gasteiger partial charge < -0.3 is 5.73 Å². The molecular formula is C13H12ClFN2O2S. The molecule has 0 saturated heterocycles. The number of sulfonamides is 1. The zero-order valence-electron chi connectivity index (χ0n) is 10.3. The van der Waals surface area contributed by atoms with Crippen LogP contribution in [0.15, 0.2) is 47.4 Å². The van der Waals surface area contributed by atoms with Crippen LogP contribution in [0.2, 0.25) is 5.02 Å². The highest BCUT2D eigenvalue weighted by Gasteiger charge is 2.18. The minimum atomic E-state index is -3.94. The molecule has 0 atom stereocenters. The van der Waals surface area contributed by atoms with Gasteiger partial charge in [0.15, 0.2) is 0 Å². The molecule has 4 nitrogen and oxygen atoms in total. The van der Waals surface area contributed by atoms with E-state index in [4.69, 9.17) is 17.3 Å². The van der Waals surface area contributed by atoms with Crippen LogP contribution in [-0.4, -0.2) is 8.42 Å². The standard InChI is InChI=1S/C13H12ClFN2O2S/c14-10-4-5-13(12(15)7-10)20(18,19)17-8-9-2-1-3-11(16)6-9/h1-7,17H,8,16H2. The Labute approximate surface area is 121 Å². The summed E-state index contributed by atoms with van der Waals surface area (Å²) in [5.74, 6) is -0.891. The molecule has 0 aliphatic rings. The Morgan fingerprint density at radius 1 is 1.20 bits per heavy atom. The molecule has 0 unspecified atom stereocenters. The number of hydrogen-bond donors (Lipinski definition) is 2. The molecule has 3 N–H and O–H groups in total. The third-order valence-electron chi connectivity index (χ3n) is 2.60. The van der Waals surface area contributed by atoms with Crippen LogP contribution >= 0.6 is 11.6 Å². The molecule has 0 aliphatic heterocycles. The first-order valence-electron chi connectivity index (χ1n) is 5.67. The van der Waals surface area contributed by atoms with E-state index in [1.807, 2.05) is 0 Å². The number of hydrogen-bond acceptors (Lipinski definition) is 3. The van der Waals surface area contributed by atoms with Crippen LogP contribution < -0.4 is 10.5 Å². The monoisotopic (exact) mass is 314 g/mol. The molecule has 0 amide bonds. The molecule has 106 valence electrons. The second-order valence-corrected chi connectivity index (χ2v) is 6.32. The molecule has 2 rings (SSSR count). The van der Waals surface area contributed by atoms with Crippen LogP contribution in [0.3, 0.4) is 0 Å². The molecule has 2 aromatic rings. The van der Waals surface area contributed by atoms with Crippen molar-refractivity contribution in [1.82, 2.24) is 4.72 Å². The van der Waals surface area contributed by atoms with Gasteiger partial charge in [0.1, 0.15) is 10.7 Å². The Hall–Kier alpha value is -1.63. The van der Waals surface area contributed by atoms with Crippen molar-refractivity contribution in [2.45, 2.75) is 11.4 Å². The number of halogens is 2. The molecule has 0 radical (unpaired) electrons. The molecule has 7 heteroatoms. The second kappa shape index (κ2) is 5.78. The smallest absolute Gasteiger partial charge is 0.243 e. The minimum absolute atomic E-state index is 0.0233. The Balaban J connectivity index is 2.19. The summed E-state index contributed by atoms with van der Waals surface area (Å²) in [5, 5.41) is 0.136. The van der Waals surface area contributed by atoms with E-state index in [-0.39, 0.29) is 11.6 Å². The maximum Gasteiger partial charge on any atom is 0.243 e. The summed E-state index contributed by atoms with van der Waals surface area (Å²) in [6, 6.07) is 10.2. The fourth-order valence-electron chi connectivity index (χ4n) is 1.65. The summed E-state index contributed by atoms with van der Waals surface area (Å²) in [6.07, 6.45) is 0. The molecular weight excluding hydrogens is 303 g/mol. The Kier molecular flexibility index (Phi) is 4.27. The summed E-state index contributed by atoms with van der Waals surface area (Å²) >= 11 is 5.59. The Morgan fingerprint density at radius 3 is 2.60 bits per heavy atom. The topological polar surface area (TPSA) is 72.2 Å². The fraction of sp³-hybridized carbons (Fsp3) is 0.0769. The summed E-state index contributed by atoms with van der Waals surface area (Å²) in [6.45, 7) is 0.0233. The van der Waals surface area contributed by atoms with Gasteiger partial charge in [-0.15, -0.1) is 0 Å². The van der Waals surface area contributed by atoms with E-state index in [2.05, 4.69) is 4.72 Å². The quantitative estimate of drug-likeness (QED) is 0.852. The number of nitrogens with two attached hydrogens (primary N) is 1. The van der Waals surface area contributed by atoms with Gasteiger partial charge >= 0.3 is 0 Å². The number of nitrogen functional groups attached to an aromatic ring is 1. The van der Waals surface area contributed by atoms with E-state index >= 15 is 0 Å². The van der Waals surface area contributed by atoms with E-state index in [0.717, 1.165) is 12.1 Å². The van der Waals surface area contributed by atoms with Gasteiger partial charge in [0.05, 0.1) is 0 Å². The summed E-state index contributed by atoms with van der Waals surface area (Å²) in [4.78, 5) is -0.439. The van der Waals surface area contributed by atoms with Crippen LogP contribution in [0.4, 0.5) is 10.1 Å². The van der Waals surface area contributed by atoms with Crippen molar-refractivity contribution in [2.24, 2.45) is 0 Å². The zero-order valence-corrected chi connectivity index (χ0v) is 11.9. The molecule has 0 fully saturated rings. The van der Waals surface area contributed by atoms with E-state index in [1.165, 1.54) is 6.07 Å². The number of rotatable bonds is 4. The van der Waals surface area contributed by atoms with Gasteiger partial charge in [0.25, 0.3) is 0 Å². The summed E-state index contributed by atoms with van der Waals surface area (Å²) < 4.78 is 39.9. The first kappa shape index (κ1) is 14.8. The van der Waals surface area contributed by atoms with Crippen molar-refractivity contribution in [3.8, 4) is 0 Å². The number of benzene rings is 2. The summed E-state index contributed by atoms with van der Waals surface area (Å²) in [7, 11) is -3.94. The lowest BCUT2D eigenvalue weighted by atomic mass is 10.2. The van der Waals surface area contributed by atoms with Crippen molar-refractivity contribution < 1.29 is 12.8 Å². The average molecular weight is 315 g/mol. The second-order valence-electron chi connectivity index (χ2n) is 4.14. The fourth-order valence-corrected chi connectivity index (χ4v) is 2.89. The van der Waals surface area contributed by atoms with Gasteiger partial charge in [0, 0.05) is 17.3 Å². The van der Waals surface area contributed by atoms with E-state index in [1.54, 1.807) is 24.3 Å². The zero-order chi connectivity index (χ0) is 14.8. The summed E-state index contributed by atoms with van der Waals surface area (Å²) in [5.41, 5.74) is 6.81. The minimum Gasteiger partial charge on any atom is -0.399 e. The van der Waals surface area contributed by atoms with Gasteiger partial charge in [-0.2, -0.15) is 0 Å². The average Bonchev–Trinajstić information content (AvgIpc) is 2.36. The lowest BCUT2D eigenvalue weighted by Crippen LogP contribution is -2.24. The van der Waals surface area contributed by atoms with E-state index in [9.17, 15) is 12.8 Å². The number of anilines is 1. The van der Waals surface area contributed by atoms with Crippen molar-refractivity contribution >= 4 is 27.3 Å². The first-order chi connectivity index (χ1) is 9.38. The third-order valence-corrected chi connectivity index (χ3v) is 4.27. The van der Waals surface area contributed by atoms with Crippen LogP contribution in [0.25, 0.3) is 0 Å². The van der Waals surface area contributed by atoms with Gasteiger partial charge in [-0.25, -0.2) is 17.5 Å². The maximum absolute atomic E-state index is 13.6. The third kappa shape index (κ3) is 3.47. The largest absolute Gasteiger partial charge is 0.399 e. The highest BCUT2D eigenvalue weighted by Crippen LogP contribution is 2.19. The highest BCUT2D eigenvalue weighted by atomic mass is 35.5. The van der Waals surface area contributed by atoms with Crippen molar-refractivity contribution in [1.29, 1.82) is 0 Å². The lowest BCUT2D eigenvalue weighted by molar-refractivity contribution is 0.557. The van der Waals surface area contributed by atoms with E-state index in [0.29, 0.717) is 11.3 Å². The molecule has 0 spiro atoms. The molecule has 0 bridgehead atoms. The van der Waals surface area contributed by atoms with Gasteiger partial charge in [-0.05, 0) is 35.9 Å². The van der Waals surface area contributed by atoms with Crippen LogP contribution in [0.1, 0.15) is 5.56 Å². The van der Waals surface area contributed by atoms with Crippen LogP contribution in [0.5, 0.6) is 0 Å². The highest BCUT2D eigenvalue weighted by molar-refractivity contribution is 7.89. The van der Waals surface area contributed by atoms with Gasteiger partial charge in [-0.3, -0.25) is 0 Å². The lowest BCUT2D eigenvalue weighted by Gasteiger charge is -2.08.